The molecule has 0 saturated carbocycles. The Bertz CT molecular complexity index is 922. The summed E-state index contributed by atoms with van der Waals surface area (Å²) < 4.78 is 6.10. The molecule has 0 aliphatic carbocycles. The number of rotatable bonds is 4. The lowest BCUT2D eigenvalue weighted by atomic mass is 10.2. The van der Waals surface area contributed by atoms with Crippen LogP contribution in [0.1, 0.15) is 5.76 Å². The summed E-state index contributed by atoms with van der Waals surface area (Å²) in [5, 5.41) is 14.1. The molecule has 1 aromatic carbocycles. The van der Waals surface area contributed by atoms with Gasteiger partial charge < -0.3 is 4.42 Å². The van der Waals surface area contributed by atoms with E-state index in [2.05, 4.69) is 26.2 Å². The summed E-state index contributed by atoms with van der Waals surface area (Å²) in [4.78, 5) is 16.6. The predicted octanol–water partition coefficient (Wildman–Crippen LogP) is 4.71. The average Bonchev–Trinajstić information content (AvgIpc) is 3.25. The van der Waals surface area contributed by atoms with Gasteiger partial charge in [0.15, 0.2) is 5.13 Å². The van der Waals surface area contributed by atoms with Gasteiger partial charge >= 0.3 is 0 Å². The van der Waals surface area contributed by atoms with Gasteiger partial charge in [-0.1, -0.05) is 28.1 Å². The largest absolute Gasteiger partial charge is 0.465 e. The number of nitrogens with one attached hydrogen (secondary N) is 1. The highest BCUT2D eigenvalue weighted by atomic mass is 79.9. The summed E-state index contributed by atoms with van der Waals surface area (Å²) in [6, 6.07) is 12.9. The van der Waals surface area contributed by atoms with Crippen molar-refractivity contribution in [2.24, 2.45) is 0 Å². The van der Waals surface area contributed by atoms with E-state index >= 15 is 0 Å². The number of halogens is 1. The molecule has 5 nitrogen and oxygen atoms in total. The molecule has 0 radical (unpaired) electrons. The second-order valence-electron chi connectivity index (χ2n) is 4.68. The maximum Gasteiger partial charge on any atom is 0.268 e. The quantitative estimate of drug-likeness (QED) is 0.508. The molecule has 2 aromatic heterocycles. The van der Waals surface area contributed by atoms with Gasteiger partial charge in [-0.05, 0) is 24.3 Å². The van der Waals surface area contributed by atoms with Crippen molar-refractivity contribution >= 4 is 44.4 Å². The number of thiazole rings is 1. The first-order valence-corrected chi connectivity index (χ1v) is 8.51. The van der Waals surface area contributed by atoms with Crippen molar-refractivity contribution in [2.75, 3.05) is 5.32 Å². The Morgan fingerprint density at radius 2 is 2.12 bits per heavy atom. The Balaban J connectivity index is 1.75. The van der Waals surface area contributed by atoms with Crippen LogP contribution >= 0.6 is 27.3 Å². The molecule has 1 amide bonds. The van der Waals surface area contributed by atoms with Gasteiger partial charge in [-0.15, -0.1) is 11.3 Å². The summed E-state index contributed by atoms with van der Waals surface area (Å²) in [6.07, 6.45) is 2.86. The van der Waals surface area contributed by atoms with Gasteiger partial charge in [0.2, 0.25) is 0 Å². The number of benzene rings is 1. The van der Waals surface area contributed by atoms with E-state index in [0.29, 0.717) is 10.9 Å². The zero-order chi connectivity index (χ0) is 16.9. The number of anilines is 1. The van der Waals surface area contributed by atoms with E-state index in [4.69, 9.17) is 9.68 Å². The molecule has 24 heavy (non-hydrogen) atoms. The molecule has 0 aliphatic heterocycles. The summed E-state index contributed by atoms with van der Waals surface area (Å²) in [5.74, 6) is -0.0815. The number of carbonyl (C=O) groups is 1. The Labute approximate surface area is 150 Å². The van der Waals surface area contributed by atoms with Gasteiger partial charge in [0.1, 0.15) is 17.4 Å². The molecule has 0 saturated heterocycles. The number of aromatic nitrogens is 1. The van der Waals surface area contributed by atoms with Crippen molar-refractivity contribution < 1.29 is 9.21 Å². The number of furan rings is 1. The zero-order valence-corrected chi connectivity index (χ0v) is 14.6. The zero-order valence-electron chi connectivity index (χ0n) is 12.2. The van der Waals surface area contributed by atoms with Crippen LogP contribution in [0.25, 0.3) is 17.3 Å². The monoisotopic (exact) mass is 399 g/mol. The normalized spacial score (nSPS) is 11.1. The van der Waals surface area contributed by atoms with Crippen molar-refractivity contribution in [2.45, 2.75) is 0 Å². The van der Waals surface area contributed by atoms with Crippen molar-refractivity contribution in [3.8, 4) is 17.3 Å². The van der Waals surface area contributed by atoms with Crippen molar-refractivity contribution in [1.29, 1.82) is 5.26 Å². The van der Waals surface area contributed by atoms with Crippen LogP contribution in [0.5, 0.6) is 0 Å². The van der Waals surface area contributed by atoms with Gasteiger partial charge in [0.25, 0.3) is 5.91 Å². The second kappa shape index (κ2) is 7.25. The third-order valence-electron chi connectivity index (χ3n) is 3.06. The van der Waals surface area contributed by atoms with Crippen molar-refractivity contribution in [3.05, 3.63) is 63.8 Å². The molecule has 118 valence electrons. The first-order valence-electron chi connectivity index (χ1n) is 6.84. The first-order chi connectivity index (χ1) is 11.7. The molecule has 0 fully saturated rings. The maximum absolute atomic E-state index is 12.2. The minimum Gasteiger partial charge on any atom is -0.465 e. The fraction of sp³-hybridized carbons (Fsp3) is 0. The number of carbonyl (C=O) groups excluding carboxylic acids is 1. The van der Waals surface area contributed by atoms with Gasteiger partial charge in [0.05, 0.1) is 12.0 Å². The molecular weight excluding hydrogens is 390 g/mol. The van der Waals surface area contributed by atoms with Crippen LogP contribution in [-0.4, -0.2) is 10.9 Å². The molecule has 1 N–H and O–H groups in total. The number of nitriles is 1. The maximum atomic E-state index is 12.2. The predicted molar refractivity (Wildman–Crippen MR) is 96.2 cm³/mol. The van der Waals surface area contributed by atoms with E-state index in [1.54, 1.807) is 12.1 Å². The van der Waals surface area contributed by atoms with E-state index in [9.17, 15) is 4.79 Å². The highest BCUT2D eigenvalue weighted by Crippen LogP contribution is 2.26. The number of nitrogens with zero attached hydrogens (tertiary/aromatic N) is 2. The van der Waals surface area contributed by atoms with Crippen molar-refractivity contribution in [3.63, 3.8) is 0 Å². The molecule has 0 bridgehead atoms. The van der Waals surface area contributed by atoms with Crippen LogP contribution in [0.2, 0.25) is 0 Å². The number of hydrogen-bond acceptors (Lipinski definition) is 5. The second-order valence-corrected chi connectivity index (χ2v) is 6.46. The number of amides is 1. The van der Waals surface area contributed by atoms with Gasteiger partial charge in [-0.2, -0.15) is 5.26 Å². The van der Waals surface area contributed by atoms with Gasteiger partial charge in [-0.3, -0.25) is 10.1 Å². The molecule has 0 aliphatic rings. The van der Waals surface area contributed by atoms with Gasteiger partial charge in [-0.25, -0.2) is 4.98 Å². The molecule has 3 rings (SSSR count). The minimum absolute atomic E-state index is 0.0506. The summed E-state index contributed by atoms with van der Waals surface area (Å²) in [6.45, 7) is 0. The summed E-state index contributed by atoms with van der Waals surface area (Å²) in [5.41, 5.74) is 1.66. The van der Waals surface area contributed by atoms with E-state index < -0.39 is 5.91 Å². The lowest BCUT2D eigenvalue weighted by Crippen LogP contribution is -2.13. The fourth-order valence-electron chi connectivity index (χ4n) is 1.91. The molecule has 2 heterocycles. The Morgan fingerprint density at radius 3 is 2.79 bits per heavy atom. The first kappa shape index (κ1) is 16.2. The lowest BCUT2D eigenvalue weighted by Gasteiger charge is -1.99. The van der Waals surface area contributed by atoms with E-state index in [1.165, 1.54) is 23.7 Å². The summed E-state index contributed by atoms with van der Waals surface area (Å²) in [7, 11) is 0. The van der Waals surface area contributed by atoms with Crippen LogP contribution < -0.4 is 5.32 Å². The highest BCUT2D eigenvalue weighted by molar-refractivity contribution is 9.10. The van der Waals surface area contributed by atoms with E-state index in [1.807, 2.05) is 35.7 Å². The molecular formula is C17H10BrN3O2S. The minimum atomic E-state index is -0.523. The van der Waals surface area contributed by atoms with Crippen LogP contribution in [0.15, 0.2) is 62.5 Å². The van der Waals surface area contributed by atoms with E-state index in [-0.39, 0.29) is 5.57 Å². The fourth-order valence-corrected chi connectivity index (χ4v) is 2.89. The Hall–Kier alpha value is -2.69. The SMILES string of the molecule is N#C/C(=C\c1ccco1)C(=O)Nc1nc(-c2ccc(Br)cc2)cs1. The Morgan fingerprint density at radius 1 is 1.33 bits per heavy atom. The van der Waals surface area contributed by atoms with Crippen LogP contribution in [0.3, 0.4) is 0 Å². The third-order valence-corrected chi connectivity index (χ3v) is 4.35. The third kappa shape index (κ3) is 3.79. The molecule has 0 unspecified atom stereocenters. The van der Waals surface area contributed by atoms with Crippen molar-refractivity contribution in [1.82, 2.24) is 4.98 Å². The lowest BCUT2D eigenvalue weighted by molar-refractivity contribution is -0.112. The topological polar surface area (TPSA) is 78.9 Å². The standard InChI is InChI=1S/C17H10BrN3O2S/c18-13-5-3-11(4-6-13)15-10-24-17(20-15)21-16(22)12(9-19)8-14-2-1-7-23-14/h1-8,10H,(H,20,21,22)/b12-8+. The van der Waals surface area contributed by atoms with Crippen LogP contribution in [-0.2, 0) is 4.79 Å². The van der Waals surface area contributed by atoms with Crippen LogP contribution in [0.4, 0.5) is 5.13 Å². The van der Waals surface area contributed by atoms with E-state index in [0.717, 1.165) is 15.7 Å². The number of hydrogen-bond donors (Lipinski definition) is 1. The van der Waals surface area contributed by atoms with Gasteiger partial charge in [0, 0.05) is 21.5 Å². The molecule has 0 atom stereocenters. The average molecular weight is 400 g/mol. The Kier molecular flexibility index (Phi) is 4.89. The molecule has 7 heteroatoms. The molecule has 3 aromatic rings. The highest BCUT2D eigenvalue weighted by Gasteiger charge is 2.13. The molecule has 0 spiro atoms. The van der Waals surface area contributed by atoms with Crippen LogP contribution in [0, 0.1) is 11.3 Å². The smallest absolute Gasteiger partial charge is 0.268 e. The summed E-state index contributed by atoms with van der Waals surface area (Å²) >= 11 is 4.68.